The van der Waals surface area contributed by atoms with E-state index in [0.29, 0.717) is 0 Å². The van der Waals surface area contributed by atoms with Gasteiger partial charge in [0.1, 0.15) is 11.6 Å². The zero-order valence-corrected chi connectivity index (χ0v) is 9.32. The van der Waals surface area contributed by atoms with Crippen molar-refractivity contribution in [3.05, 3.63) is 34.9 Å². The quantitative estimate of drug-likeness (QED) is 0.651. The van der Waals surface area contributed by atoms with Crippen LogP contribution in [0, 0.1) is 24.0 Å². The van der Waals surface area contributed by atoms with Gasteiger partial charge in [-0.25, -0.2) is 8.78 Å². The number of carbonyl (C=O) groups excluding carboxylic acids is 1. The Morgan fingerprint density at radius 2 is 1.67 bits per heavy atom. The summed E-state index contributed by atoms with van der Waals surface area (Å²) >= 11 is 0. The highest BCUT2D eigenvalue weighted by atomic mass is 19.1. The molecule has 0 spiro atoms. The van der Waals surface area contributed by atoms with Crippen LogP contribution in [0.25, 0.3) is 0 Å². The Hall–Kier alpha value is -1.25. The molecule has 0 aliphatic rings. The first-order valence-corrected chi connectivity index (χ1v) is 4.74. The van der Waals surface area contributed by atoms with Crippen LogP contribution in [0.1, 0.15) is 36.7 Å². The maximum atomic E-state index is 13.4. The number of benzene rings is 1. The smallest absolute Gasteiger partial charge is 0.171 e. The molecule has 1 rings (SSSR count). The third-order valence-corrected chi connectivity index (χ3v) is 2.17. The number of Topliss-reactive ketones (excluding diaryl/α,β-unsaturated/α-hetero) is 1. The molecule has 3 heteroatoms. The van der Waals surface area contributed by atoms with Crippen molar-refractivity contribution in [2.24, 2.45) is 5.41 Å². The van der Waals surface area contributed by atoms with Crippen molar-refractivity contribution in [3.8, 4) is 0 Å². The van der Waals surface area contributed by atoms with Crippen LogP contribution in [0.15, 0.2) is 12.1 Å². The van der Waals surface area contributed by atoms with Gasteiger partial charge in [0.15, 0.2) is 5.78 Å². The van der Waals surface area contributed by atoms with Gasteiger partial charge in [-0.05, 0) is 24.6 Å². The molecule has 0 fully saturated rings. The van der Waals surface area contributed by atoms with Crippen molar-refractivity contribution in [2.75, 3.05) is 0 Å². The van der Waals surface area contributed by atoms with Crippen LogP contribution in [0.3, 0.4) is 0 Å². The van der Waals surface area contributed by atoms with E-state index in [-0.39, 0.29) is 16.9 Å². The lowest BCUT2D eigenvalue weighted by molar-refractivity contribution is 0.0853. The second-order valence-corrected chi connectivity index (χ2v) is 4.66. The summed E-state index contributed by atoms with van der Waals surface area (Å²) in [6, 6.07) is 2.02. The van der Waals surface area contributed by atoms with Gasteiger partial charge in [-0.2, -0.15) is 0 Å². The zero-order chi connectivity index (χ0) is 11.8. The normalized spacial score (nSPS) is 11.6. The van der Waals surface area contributed by atoms with E-state index < -0.39 is 17.0 Å². The summed E-state index contributed by atoms with van der Waals surface area (Å²) in [6.45, 7) is 6.48. The molecule has 0 bridgehead atoms. The molecule has 0 unspecified atom stereocenters. The fourth-order valence-electron chi connectivity index (χ4n) is 1.22. The maximum Gasteiger partial charge on any atom is 0.171 e. The second-order valence-electron chi connectivity index (χ2n) is 4.66. The fourth-order valence-corrected chi connectivity index (χ4v) is 1.22. The first-order valence-electron chi connectivity index (χ1n) is 4.74. The topological polar surface area (TPSA) is 17.1 Å². The van der Waals surface area contributed by atoms with Crippen molar-refractivity contribution in [2.45, 2.75) is 27.7 Å². The largest absolute Gasteiger partial charge is 0.293 e. The van der Waals surface area contributed by atoms with E-state index in [2.05, 4.69) is 0 Å². The van der Waals surface area contributed by atoms with E-state index in [9.17, 15) is 13.6 Å². The van der Waals surface area contributed by atoms with Gasteiger partial charge in [0.2, 0.25) is 0 Å². The molecular formula is C12H14F2O. The molecule has 0 N–H and O–H groups in total. The highest BCUT2D eigenvalue weighted by Gasteiger charge is 2.26. The van der Waals surface area contributed by atoms with Crippen molar-refractivity contribution in [3.63, 3.8) is 0 Å². The van der Waals surface area contributed by atoms with Gasteiger partial charge < -0.3 is 0 Å². The third kappa shape index (κ3) is 2.41. The van der Waals surface area contributed by atoms with E-state index in [4.69, 9.17) is 0 Å². The van der Waals surface area contributed by atoms with E-state index in [1.54, 1.807) is 20.8 Å². The fraction of sp³-hybridized carbons (Fsp3) is 0.417. The van der Waals surface area contributed by atoms with E-state index in [1.165, 1.54) is 6.92 Å². The van der Waals surface area contributed by atoms with Crippen molar-refractivity contribution >= 4 is 5.78 Å². The van der Waals surface area contributed by atoms with Gasteiger partial charge in [-0.1, -0.05) is 20.8 Å². The Balaban J connectivity index is 3.28. The van der Waals surface area contributed by atoms with Crippen LogP contribution in [-0.2, 0) is 0 Å². The van der Waals surface area contributed by atoms with Crippen molar-refractivity contribution < 1.29 is 13.6 Å². The number of rotatable bonds is 1. The van der Waals surface area contributed by atoms with E-state index in [0.717, 1.165) is 12.1 Å². The highest BCUT2D eigenvalue weighted by molar-refractivity contribution is 6.00. The average molecular weight is 212 g/mol. The lowest BCUT2D eigenvalue weighted by Gasteiger charge is -2.17. The summed E-state index contributed by atoms with van der Waals surface area (Å²) in [7, 11) is 0. The molecule has 15 heavy (non-hydrogen) atoms. The van der Waals surface area contributed by atoms with Crippen LogP contribution in [0.2, 0.25) is 0 Å². The minimum atomic E-state index is -0.706. The van der Waals surface area contributed by atoms with E-state index in [1.807, 2.05) is 0 Å². The van der Waals surface area contributed by atoms with Gasteiger partial charge >= 0.3 is 0 Å². The predicted octanol–water partition coefficient (Wildman–Crippen LogP) is 3.50. The Morgan fingerprint density at radius 3 is 2.13 bits per heavy atom. The molecular weight excluding hydrogens is 198 g/mol. The van der Waals surface area contributed by atoms with Crippen LogP contribution in [0.4, 0.5) is 8.78 Å². The summed E-state index contributed by atoms with van der Waals surface area (Å²) in [5.74, 6) is -1.60. The maximum absolute atomic E-state index is 13.4. The molecule has 0 heterocycles. The molecule has 0 amide bonds. The molecule has 1 aromatic carbocycles. The molecule has 0 saturated heterocycles. The number of aryl methyl sites for hydroxylation is 1. The first kappa shape index (κ1) is 11.8. The van der Waals surface area contributed by atoms with Crippen molar-refractivity contribution in [1.82, 2.24) is 0 Å². The molecule has 82 valence electrons. The minimum absolute atomic E-state index is 0.175. The number of hydrogen-bond donors (Lipinski definition) is 0. The standard InChI is InChI=1S/C12H14F2O/c1-7-5-10(14)8(6-9(7)13)11(15)12(2,3)4/h5-6H,1-4H3. The average Bonchev–Trinajstić information content (AvgIpc) is 2.08. The van der Waals surface area contributed by atoms with Crippen LogP contribution >= 0.6 is 0 Å². The van der Waals surface area contributed by atoms with E-state index >= 15 is 0 Å². The lowest BCUT2D eigenvalue weighted by Crippen LogP contribution is -2.21. The van der Waals surface area contributed by atoms with Gasteiger partial charge in [-0.3, -0.25) is 4.79 Å². The number of ketones is 1. The number of hydrogen-bond acceptors (Lipinski definition) is 1. The molecule has 0 radical (unpaired) electrons. The second kappa shape index (κ2) is 3.72. The molecule has 0 aliphatic carbocycles. The Bertz CT molecular complexity index is 403. The molecule has 0 atom stereocenters. The van der Waals surface area contributed by atoms with Gasteiger partial charge in [-0.15, -0.1) is 0 Å². The van der Waals surface area contributed by atoms with Gasteiger partial charge in [0.05, 0.1) is 5.56 Å². The molecule has 1 nitrogen and oxygen atoms in total. The van der Waals surface area contributed by atoms with Crippen LogP contribution in [-0.4, -0.2) is 5.78 Å². The molecule has 0 aromatic heterocycles. The van der Waals surface area contributed by atoms with Crippen LogP contribution in [0.5, 0.6) is 0 Å². The predicted molar refractivity (Wildman–Crippen MR) is 54.9 cm³/mol. The third-order valence-electron chi connectivity index (χ3n) is 2.17. The molecule has 0 aliphatic heterocycles. The minimum Gasteiger partial charge on any atom is -0.293 e. The van der Waals surface area contributed by atoms with Crippen molar-refractivity contribution in [1.29, 1.82) is 0 Å². The van der Waals surface area contributed by atoms with Crippen LogP contribution < -0.4 is 0 Å². The van der Waals surface area contributed by atoms with Gasteiger partial charge in [0.25, 0.3) is 0 Å². The summed E-state index contributed by atoms with van der Waals surface area (Å²) in [4.78, 5) is 11.7. The first-order chi connectivity index (χ1) is 6.73. The Kier molecular flexibility index (Phi) is 2.93. The summed E-state index contributed by atoms with van der Waals surface area (Å²) in [6.07, 6.45) is 0. The Labute approximate surface area is 88.1 Å². The number of carbonyl (C=O) groups is 1. The lowest BCUT2D eigenvalue weighted by atomic mass is 9.86. The zero-order valence-electron chi connectivity index (χ0n) is 9.32. The monoisotopic (exact) mass is 212 g/mol. The summed E-state index contributed by atoms with van der Waals surface area (Å²) < 4.78 is 26.6. The molecule has 0 saturated carbocycles. The van der Waals surface area contributed by atoms with Gasteiger partial charge in [0, 0.05) is 5.41 Å². The summed E-state index contributed by atoms with van der Waals surface area (Å²) in [5.41, 5.74) is -0.675. The Morgan fingerprint density at radius 1 is 1.13 bits per heavy atom. The summed E-state index contributed by atoms with van der Waals surface area (Å²) in [5, 5.41) is 0. The molecule has 1 aromatic rings. The number of halogens is 2. The SMILES string of the molecule is Cc1cc(F)c(C(=O)C(C)(C)C)cc1F. The highest BCUT2D eigenvalue weighted by Crippen LogP contribution is 2.24.